The predicted octanol–water partition coefficient (Wildman–Crippen LogP) is 0.592. The highest BCUT2D eigenvalue weighted by Gasteiger charge is 2.18. The molecule has 23 heavy (non-hydrogen) atoms. The van der Waals surface area contributed by atoms with Crippen LogP contribution in [0.25, 0.3) is 0 Å². The Morgan fingerprint density at radius 2 is 2.13 bits per heavy atom. The molecule has 0 spiro atoms. The lowest BCUT2D eigenvalue weighted by molar-refractivity contribution is -0.118. The van der Waals surface area contributed by atoms with Crippen LogP contribution in [-0.4, -0.2) is 28.6 Å². The summed E-state index contributed by atoms with van der Waals surface area (Å²) >= 11 is 0. The lowest BCUT2D eigenvalue weighted by atomic mass is 10.1. The van der Waals surface area contributed by atoms with Crippen LogP contribution in [0.1, 0.15) is 29.0 Å². The molecule has 0 radical (unpaired) electrons. The lowest BCUT2D eigenvalue weighted by Crippen LogP contribution is -2.29. The zero-order valence-electron chi connectivity index (χ0n) is 12.3. The number of carbonyl (C=O) groups is 2. The number of nitrogens with one attached hydrogen (secondary N) is 3. The van der Waals surface area contributed by atoms with Gasteiger partial charge in [-0.3, -0.25) is 14.4 Å². The lowest BCUT2D eigenvalue weighted by Gasteiger charge is -2.20. The Kier molecular flexibility index (Phi) is 3.80. The first-order valence-corrected chi connectivity index (χ1v) is 6.96. The number of hydrogen-bond acceptors (Lipinski definition) is 5. The molecule has 0 aliphatic carbocycles. The van der Waals surface area contributed by atoms with E-state index in [-0.39, 0.29) is 29.8 Å². The number of aromatic amines is 1. The maximum Gasteiger partial charge on any atom is 0.272 e. The molecule has 118 valence electrons. The van der Waals surface area contributed by atoms with Crippen molar-refractivity contribution >= 4 is 17.5 Å². The van der Waals surface area contributed by atoms with Crippen molar-refractivity contribution in [2.75, 3.05) is 11.9 Å². The van der Waals surface area contributed by atoms with E-state index in [4.69, 9.17) is 4.74 Å². The van der Waals surface area contributed by atoms with Crippen LogP contribution in [0, 0.1) is 0 Å². The van der Waals surface area contributed by atoms with Crippen LogP contribution >= 0.6 is 0 Å². The fraction of sp³-hybridized carbons (Fsp3) is 0.200. The molecule has 0 saturated heterocycles. The zero-order chi connectivity index (χ0) is 16.4. The summed E-state index contributed by atoms with van der Waals surface area (Å²) in [5.41, 5.74) is 1.11. The molecule has 0 fully saturated rings. The molecular weight excluding hydrogens is 300 g/mol. The Morgan fingerprint density at radius 3 is 2.87 bits per heavy atom. The summed E-state index contributed by atoms with van der Waals surface area (Å²) in [4.78, 5) is 34.4. The van der Waals surface area contributed by atoms with Gasteiger partial charge in [-0.1, -0.05) is 6.07 Å². The van der Waals surface area contributed by atoms with E-state index in [1.807, 2.05) is 6.07 Å². The molecule has 3 rings (SSSR count). The van der Waals surface area contributed by atoms with Crippen molar-refractivity contribution in [1.29, 1.82) is 0 Å². The maximum atomic E-state index is 12.1. The molecule has 1 aliphatic heterocycles. The summed E-state index contributed by atoms with van der Waals surface area (Å²) < 4.78 is 5.29. The minimum Gasteiger partial charge on any atom is -0.482 e. The number of H-pyrrole nitrogens is 1. The van der Waals surface area contributed by atoms with E-state index in [1.54, 1.807) is 19.1 Å². The van der Waals surface area contributed by atoms with E-state index in [1.165, 1.54) is 12.1 Å². The average molecular weight is 314 g/mol. The number of aromatic nitrogens is 2. The van der Waals surface area contributed by atoms with E-state index >= 15 is 0 Å². The molecule has 1 aromatic heterocycles. The summed E-state index contributed by atoms with van der Waals surface area (Å²) in [6.07, 6.45) is 0. The van der Waals surface area contributed by atoms with Gasteiger partial charge in [0, 0.05) is 6.07 Å². The van der Waals surface area contributed by atoms with Gasteiger partial charge < -0.3 is 15.4 Å². The number of amides is 2. The Morgan fingerprint density at radius 1 is 1.30 bits per heavy atom. The number of rotatable bonds is 3. The summed E-state index contributed by atoms with van der Waals surface area (Å²) in [6, 6.07) is 7.56. The van der Waals surface area contributed by atoms with E-state index in [2.05, 4.69) is 20.8 Å². The number of ether oxygens (including phenoxy) is 1. The van der Waals surface area contributed by atoms with Gasteiger partial charge in [-0.05, 0) is 30.7 Å². The molecule has 0 unspecified atom stereocenters. The van der Waals surface area contributed by atoms with Crippen molar-refractivity contribution in [2.45, 2.75) is 13.0 Å². The van der Waals surface area contributed by atoms with Crippen molar-refractivity contribution in [3.05, 3.63) is 51.9 Å². The molecule has 1 aliphatic rings. The van der Waals surface area contributed by atoms with Crippen LogP contribution in [0.4, 0.5) is 5.69 Å². The molecule has 0 saturated carbocycles. The van der Waals surface area contributed by atoms with Gasteiger partial charge in [0.25, 0.3) is 17.4 Å². The second-order valence-corrected chi connectivity index (χ2v) is 5.09. The number of hydrogen-bond donors (Lipinski definition) is 3. The van der Waals surface area contributed by atoms with Gasteiger partial charge in [0.1, 0.15) is 11.4 Å². The third-order valence-corrected chi connectivity index (χ3v) is 3.40. The minimum absolute atomic E-state index is 0.00346. The van der Waals surface area contributed by atoms with E-state index in [0.29, 0.717) is 11.4 Å². The van der Waals surface area contributed by atoms with Crippen molar-refractivity contribution < 1.29 is 14.3 Å². The van der Waals surface area contributed by atoms with E-state index in [9.17, 15) is 14.4 Å². The fourth-order valence-electron chi connectivity index (χ4n) is 2.19. The fourth-order valence-corrected chi connectivity index (χ4v) is 2.19. The third-order valence-electron chi connectivity index (χ3n) is 3.40. The smallest absolute Gasteiger partial charge is 0.272 e. The van der Waals surface area contributed by atoms with Gasteiger partial charge in [-0.25, -0.2) is 5.10 Å². The van der Waals surface area contributed by atoms with Crippen molar-refractivity contribution in [1.82, 2.24) is 15.5 Å². The highest BCUT2D eigenvalue weighted by atomic mass is 16.5. The third kappa shape index (κ3) is 3.20. The predicted molar refractivity (Wildman–Crippen MR) is 81.3 cm³/mol. The largest absolute Gasteiger partial charge is 0.482 e. The summed E-state index contributed by atoms with van der Waals surface area (Å²) in [5, 5.41) is 11.4. The highest BCUT2D eigenvalue weighted by Crippen LogP contribution is 2.30. The monoisotopic (exact) mass is 314 g/mol. The van der Waals surface area contributed by atoms with Gasteiger partial charge >= 0.3 is 0 Å². The standard InChI is InChI=1S/C15H14N4O4/c1-8(16-15(22)10-3-5-13(20)19-18-10)9-2-4-12-11(6-9)17-14(21)7-23-12/h2-6,8H,7H2,1H3,(H,16,22)(H,17,21)(H,19,20)/t8-/m1/s1. The Hall–Kier alpha value is -3.16. The normalized spacial score (nSPS) is 14.2. The first-order valence-electron chi connectivity index (χ1n) is 6.96. The molecule has 8 nitrogen and oxygen atoms in total. The zero-order valence-corrected chi connectivity index (χ0v) is 12.3. The number of nitrogens with zero attached hydrogens (tertiary/aromatic N) is 1. The molecule has 8 heteroatoms. The van der Waals surface area contributed by atoms with Crippen molar-refractivity contribution in [2.24, 2.45) is 0 Å². The molecule has 2 aromatic rings. The van der Waals surface area contributed by atoms with Crippen LogP contribution < -0.4 is 20.9 Å². The van der Waals surface area contributed by atoms with Gasteiger partial charge in [0.15, 0.2) is 6.61 Å². The van der Waals surface area contributed by atoms with Gasteiger partial charge in [0.2, 0.25) is 0 Å². The molecular formula is C15H14N4O4. The van der Waals surface area contributed by atoms with Crippen LogP contribution in [0.2, 0.25) is 0 Å². The van der Waals surface area contributed by atoms with Crippen LogP contribution in [0.15, 0.2) is 35.1 Å². The number of anilines is 1. The summed E-state index contributed by atoms with van der Waals surface area (Å²) in [5.74, 6) is -0.0373. The van der Waals surface area contributed by atoms with E-state index in [0.717, 1.165) is 5.56 Å². The van der Waals surface area contributed by atoms with Crippen LogP contribution in [0.5, 0.6) is 5.75 Å². The second kappa shape index (κ2) is 5.91. The Labute approximate surface area is 130 Å². The Balaban J connectivity index is 1.75. The molecule has 1 aromatic carbocycles. The topological polar surface area (TPSA) is 113 Å². The Bertz CT molecular complexity index is 810. The minimum atomic E-state index is -0.410. The SMILES string of the molecule is C[C@@H](NC(=O)c1ccc(=O)[nH]n1)c1ccc2c(c1)NC(=O)CO2. The number of benzene rings is 1. The average Bonchev–Trinajstić information content (AvgIpc) is 2.54. The van der Waals surface area contributed by atoms with Crippen molar-refractivity contribution in [3.8, 4) is 5.75 Å². The molecule has 0 bridgehead atoms. The molecule has 2 heterocycles. The number of fused-ring (bicyclic) bond motifs is 1. The first kappa shape index (κ1) is 14.8. The van der Waals surface area contributed by atoms with Gasteiger partial charge in [0.05, 0.1) is 11.7 Å². The summed E-state index contributed by atoms with van der Waals surface area (Å²) in [6.45, 7) is 1.80. The molecule has 2 amide bonds. The molecule has 1 atom stereocenters. The molecule has 3 N–H and O–H groups in total. The summed E-state index contributed by atoms with van der Waals surface area (Å²) in [7, 11) is 0. The van der Waals surface area contributed by atoms with Crippen LogP contribution in [0.3, 0.4) is 0 Å². The first-order chi connectivity index (χ1) is 11.0. The maximum absolute atomic E-state index is 12.1. The second-order valence-electron chi connectivity index (χ2n) is 5.09. The quantitative estimate of drug-likeness (QED) is 0.767. The highest BCUT2D eigenvalue weighted by molar-refractivity contribution is 5.95. The van der Waals surface area contributed by atoms with Crippen molar-refractivity contribution in [3.63, 3.8) is 0 Å². The van der Waals surface area contributed by atoms with Gasteiger partial charge in [-0.15, -0.1) is 0 Å². The van der Waals surface area contributed by atoms with Crippen LogP contribution in [-0.2, 0) is 4.79 Å². The number of carbonyl (C=O) groups excluding carboxylic acids is 2. The van der Waals surface area contributed by atoms with Gasteiger partial charge in [-0.2, -0.15) is 5.10 Å². The van der Waals surface area contributed by atoms with E-state index < -0.39 is 5.91 Å².